The molecule has 0 unspecified atom stereocenters. The van der Waals surface area contributed by atoms with Gasteiger partial charge in [0.15, 0.2) is 16.5 Å². The predicted molar refractivity (Wildman–Crippen MR) is 127 cm³/mol. The van der Waals surface area contributed by atoms with Gasteiger partial charge >= 0.3 is 6.09 Å². The fourth-order valence-electron chi connectivity index (χ4n) is 3.30. The van der Waals surface area contributed by atoms with Gasteiger partial charge in [0.25, 0.3) is 15.9 Å². The molecule has 3 rings (SSSR count). The summed E-state index contributed by atoms with van der Waals surface area (Å²) < 4.78 is 59.4. The molecule has 36 heavy (non-hydrogen) atoms. The average molecular weight is 547 g/mol. The molecule has 2 aromatic heterocycles. The third kappa shape index (κ3) is 7.43. The third-order valence-corrected chi connectivity index (χ3v) is 6.23. The fourth-order valence-corrected chi connectivity index (χ4v) is 4.28. The highest BCUT2D eigenvalue weighted by Gasteiger charge is 2.33. The van der Waals surface area contributed by atoms with Crippen molar-refractivity contribution in [2.75, 3.05) is 23.3 Å². The van der Waals surface area contributed by atoms with E-state index in [0.29, 0.717) is 0 Å². The number of amides is 2. The zero-order valence-electron chi connectivity index (χ0n) is 19.7. The van der Waals surface area contributed by atoms with E-state index in [1.165, 1.54) is 11.0 Å². The highest BCUT2D eigenvalue weighted by Crippen LogP contribution is 2.31. The number of nitrogens with zero attached hydrogens (tertiary/aromatic N) is 4. The van der Waals surface area contributed by atoms with Crippen LogP contribution in [-0.4, -0.2) is 60.0 Å². The Kier molecular flexibility index (Phi) is 7.98. The SMILES string of the molecule is CC(C)(C)OC(=O)NS(=O)(=O)c1cc(NC(=O)c2ncc(Cl)nc2N2CCCC(F)(F)CC2)ccn1. The van der Waals surface area contributed by atoms with E-state index < -0.39 is 45.0 Å². The summed E-state index contributed by atoms with van der Waals surface area (Å²) in [5.41, 5.74) is -1.09. The molecule has 0 radical (unpaired) electrons. The van der Waals surface area contributed by atoms with Crippen LogP contribution in [0.25, 0.3) is 0 Å². The van der Waals surface area contributed by atoms with Crippen LogP contribution in [0.3, 0.4) is 0 Å². The van der Waals surface area contributed by atoms with Crippen molar-refractivity contribution in [1.29, 1.82) is 0 Å². The Morgan fingerprint density at radius 1 is 1.19 bits per heavy atom. The lowest BCUT2D eigenvalue weighted by Gasteiger charge is -2.23. The first-order chi connectivity index (χ1) is 16.7. The average Bonchev–Trinajstić information content (AvgIpc) is 2.92. The lowest BCUT2D eigenvalue weighted by molar-refractivity contribution is -0.0102. The summed E-state index contributed by atoms with van der Waals surface area (Å²) in [5, 5.41) is 1.91. The third-order valence-electron chi connectivity index (χ3n) is 4.84. The molecule has 0 saturated carbocycles. The van der Waals surface area contributed by atoms with Crippen molar-refractivity contribution in [1.82, 2.24) is 19.7 Å². The zero-order valence-corrected chi connectivity index (χ0v) is 21.3. The lowest BCUT2D eigenvalue weighted by Crippen LogP contribution is -2.36. The molecule has 1 aliphatic rings. The van der Waals surface area contributed by atoms with Crippen LogP contribution in [-0.2, 0) is 14.8 Å². The second kappa shape index (κ2) is 10.5. The number of pyridine rings is 1. The van der Waals surface area contributed by atoms with Gasteiger partial charge in [0, 0.05) is 43.9 Å². The van der Waals surface area contributed by atoms with Gasteiger partial charge in [0.2, 0.25) is 5.92 Å². The van der Waals surface area contributed by atoms with Crippen LogP contribution in [0, 0.1) is 0 Å². The summed E-state index contributed by atoms with van der Waals surface area (Å²) in [6, 6.07) is 2.35. The fraction of sp³-hybridized carbons (Fsp3) is 0.476. The topological polar surface area (TPSA) is 143 Å². The molecule has 11 nitrogen and oxygen atoms in total. The molecular weight excluding hydrogens is 522 g/mol. The van der Waals surface area contributed by atoms with Crippen LogP contribution in [0.4, 0.5) is 25.1 Å². The normalized spacial score (nSPS) is 16.1. The maximum atomic E-state index is 13.8. The van der Waals surface area contributed by atoms with Crippen LogP contribution < -0.4 is 14.9 Å². The van der Waals surface area contributed by atoms with E-state index in [-0.39, 0.29) is 48.3 Å². The molecular formula is C21H25ClF2N6O5S. The molecule has 15 heteroatoms. The number of ether oxygens (including phenoxy) is 1. The highest BCUT2D eigenvalue weighted by atomic mass is 35.5. The molecule has 1 fully saturated rings. The van der Waals surface area contributed by atoms with Gasteiger partial charge in [-0.05, 0) is 33.3 Å². The predicted octanol–water partition coefficient (Wildman–Crippen LogP) is 3.62. The van der Waals surface area contributed by atoms with Gasteiger partial charge in [-0.15, -0.1) is 0 Å². The number of halogens is 3. The van der Waals surface area contributed by atoms with Gasteiger partial charge in [0.1, 0.15) is 10.8 Å². The molecule has 0 aliphatic carbocycles. The standard InChI is InChI=1S/C21H25ClF2N6O5S/c1-20(2,3)35-19(32)29-36(33,34)15-11-13(5-8-25-15)27-18(31)16-17(28-14(22)12-26-16)30-9-4-6-21(23,24)7-10-30/h5,8,11-12H,4,6-7,9-10H2,1-3H3,(H,29,32)(H,25,27,31). The Balaban J connectivity index is 1.81. The van der Waals surface area contributed by atoms with Crippen molar-refractivity contribution in [2.24, 2.45) is 0 Å². The highest BCUT2D eigenvalue weighted by molar-refractivity contribution is 7.90. The van der Waals surface area contributed by atoms with Gasteiger partial charge in [-0.1, -0.05) is 11.6 Å². The van der Waals surface area contributed by atoms with Crippen molar-refractivity contribution >= 4 is 45.1 Å². The number of sulfonamides is 1. The molecule has 2 N–H and O–H groups in total. The monoisotopic (exact) mass is 546 g/mol. The van der Waals surface area contributed by atoms with Crippen molar-refractivity contribution in [3.05, 3.63) is 35.4 Å². The lowest BCUT2D eigenvalue weighted by atomic mass is 10.1. The van der Waals surface area contributed by atoms with Crippen molar-refractivity contribution in [2.45, 2.75) is 56.6 Å². The number of anilines is 2. The van der Waals surface area contributed by atoms with E-state index in [9.17, 15) is 26.8 Å². The first-order valence-electron chi connectivity index (χ1n) is 10.8. The minimum absolute atomic E-state index is 0.0182. The van der Waals surface area contributed by atoms with E-state index >= 15 is 0 Å². The summed E-state index contributed by atoms with van der Waals surface area (Å²) >= 11 is 5.95. The summed E-state index contributed by atoms with van der Waals surface area (Å²) in [4.78, 5) is 38.3. The molecule has 1 aliphatic heterocycles. The number of hydrogen-bond donors (Lipinski definition) is 2. The quantitative estimate of drug-likeness (QED) is 0.574. The largest absolute Gasteiger partial charge is 0.443 e. The molecule has 0 spiro atoms. The van der Waals surface area contributed by atoms with Crippen LogP contribution in [0.1, 0.15) is 50.5 Å². The Morgan fingerprint density at radius 2 is 1.92 bits per heavy atom. The second-order valence-corrected chi connectivity index (χ2v) is 11.0. The van der Waals surface area contributed by atoms with E-state index in [0.717, 1.165) is 18.5 Å². The zero-order chi connectivity index (χ0) is 26.7. The Morgan fingerprint density at radius 3 is 2.61 bits per heavy atom. The molecule has 196 valence electrons. The van der Waals surface area contributed by atoms with Gasteiger partial charge in [-0.25, -0.2) is 33.2 Å². The van der Waals surface area contributed by atoms with Gasteiger partial charge in [0.05, 0.1) is 6.20 Å². The summed E-state index contributed by atoms with van der Waals surface area (Å²) in [5.74, 6) is -3.57. The van der Waals surface area contributed by atoms with Crippen LogP contribution >= 0.6 is 11.6 Å². The number of carbonyl (C=O) groups is 2. The Hall–Kier alpha value is -3.13. The number of nitrogens with one attached hydrogen (secondary N) is 2. The second-order valence-electron chi connectivity index (χ2n) is 9.01. The Bertz CT molecular complexity index is 1260. The minimum Gasteiger partial charge on any atom is -0.443 e. The molecule has 3 heterocycles. The number of rotatable bonds is 5. The number of carbonyl (C=O) groups excluding carboxylic acids is 2. The van der Waals surface area contributed by atoms with E-state index in [1.54, 1.807) is 25.5 Å². The van der Waals surface area contributed by atoms with E-state index in [2.05, 4.69) is 20.3 Å². The van der Waals surface area contributed by atoms with Crippen LogP contribution in [0.15, 0.2) is 29.6 Å². The van der Waals surface area contributed by atoms with Gasteiger partial charge in [-0.3, -0.25) is 4.79 Å². The number of aromatic nitrogens is 3. The molecule has 2 aromatic rings. The minimum atomic E-state index is -4.41. The van der Waals surface area contributed by atoms with Crippen molar-refractivity contribution < 1.29 is 31.5 Å². The molecule has 1 saturated heterocycles. The van der Waals surface area contributed by atoms with E-state index in [1.807, 2.05) is 0 Å². The number of hydrogen-bond acceptors (Lipinski definition) is 9. The first-order valence-corrected chi connectivity index (χ1v) is 12.7. The Labute approximate surface area is 211 Å². The maximum absolute atomic E-state index is 13.8. The first kappa shape index (κ1) is 27.5. The number of alkyl halides is 2. The van der Waals surface area contributed by atoms with Crippen molar-refractivity contribution in [3.63, 3.8) is 0 Å². The molecule has 0 atom stereocenters. The molecule has 2 amide bonds. The summed E-state index contributed by atoms with van der Waals surface area (Å²) in [6.07, 6.45) is 0.536. The van der Waals surface area contributed by atoms with Crippen molar-refractivity contribution in [3.8, 4) is 0 Å². The van der Waals surface area contributed by atoms with Crippen LogP contribution in [0.5, 0.6) is 0 Å². The summed E-state index contributed by atoms with van der Waals surface area (Å²) in [7, 11) is -4.41. The van der Waals surface area contributed by atoms with Gasteiger partial charge < -0.3 is 15.0 Å². The summed E-state index contributed by atoms with van der Waals surface area (Å²) in [6.45, 7) is 4.87. The maximum Gasteiger partial charge on any atom is 0.421 e. The van der Waals surface area contributed by atoms with Crippen LogP contribution in [0.2, 0.25) is 5.15 Å². The molecule has 0 aromatic carbocycles. The smallest absolute Gasteiger partial charge is 0.421 e. The van der Waals surface area contributed by atoms with Gasteiger partial charge in [-0.2, -0.15) is 8.42 Å². The van der Waals surface area contributed by atoms with E-state index in [4.69, 9.17) is 16.3 Å². The molecule has 0 bridgehead atoms.